The van der Waals surface area contributed by atoms with E-state index in [0.717, 1.165) is 57.6 Å². The van der Waals surface area contributed by atoms with Gasteiger partial charge in [-0.3, -0.25) is 0 Å². The van der Waals surface area contributed by atoms with Crippen LogP contribution in [0.3, 0.4) is 0 Å². The molecule has 4 aromatic rings. The average molecular weight is 707 g/mol. The Morgan fingerprint density at radius 3 is 1.22 bits per heavy atom. The van der Waals surface area contributed by atoms with Crippen molar-refractivity contribution in [3.8, 4) is 22.3 Å². The minimum Gasteiger partial charge on any atom is -1.00 e. The molecule has 0 radical (unpaired) electrons. The Morgan fingerprint density at radius 2 is 0.913 bits per heavy atom. The van der Waals surface area contributed by atoms with Gasteiger partial charge in [0.05, 0.1) is 0 Å². The van der Waals surface area contributed by atoms with Crippen molar-refractivity contribution in [1.29, 1.82) is 0 Å². The third-order valence-corrected chi connectivity index (χ3v) is 20.0. The van der Waals surface area contributed by atoms with E-state index in [9.17, 15) is 26.3 Å². The minimum atomic E-state index is -4.38. The topological polar surface area (TPSA) is 0 Å². The summed E-state index contributed by atoms with van der Waals surface area (Å²) in [6, 6.07) is 23.4. The van der Waals surface area contributed by atoms with Gasteiger partial charge in [-0.25, -0.2) is 0 Å². The van der Waals surface area contributed by atoms with Crippen LogP contribution >= 0.6 is 0 Å². The maximum Gasteiger partial charge on any atom is -1.00 e. The van der Waals surface area contributed by atoms with E-state index in [1.807, 2.05) is 24.3 Å². The smallest absolute Gasteiger partial charge is 1.00 e. The van der Waals surface area contributed by atoms with Crippen LogP contribution in [0.2, 0.25) is 9.45 Å². The van der Waals surface area contributed by atoms with Crippen LogP contribution in [-0.2, 0) is 28.9 Å². The Morgan fingerprint density at radius 1 is 0.543 bits per heavy atom. The molecule has 1 fully saturated rings. The van der Waals surface area contributed by atoms with Crippen LogP contribution in [-0.4, -0.2) is 0 Å². The molecule has 1 aliphatic heterocycles. The minimum absolute atomic E-state index is 0. The van der Waals surface area contributed by atoms with E-state index in [-0.39, 0.29) is 24.8 Å². The van der Waals surface area contributed by atoms with Gasteiger partial charge in [-0.15, -0.1) is 0 Å². The molecule has 46 heavy (non-hydrogen) atoms. The molecule has 9 heteroatoms. The molecule has 0 spiro atoms. The Balaban J connectivity index is 0.00000208. The van der Waals surface area contributed by atoms with Crippen molar-refractivity contribution >= 4 is 12.2 Å². The molecule has 2 unspecified atom stereocenters. The number of benzene rings is 4. The second-order valence-corrected chi connectivity index (χ2v) is 19.7. The molecule has 1 saturated heterocycles. The Kier molecular flexibility index (Phi) is 9.28. The largest absolute Gasteiger partial charge is 1.00 e. The summed E-state index contributed by atoms with van der Waals surface area (Å²) in [5, 5.41) is 0. The Labute approximate surface area is 280 Å². The third kappa shape index (κ3) is 5.59. The summed E-state index contributed by atoms with van der Waals surface area (Å²) in [4.78, 5) is 0. The molecule has 0 nitrogen and oxygen atoms in total. The van der Waals surface area contributed by atoms with Crippen LogP contribution in [0.1, 0.15) is 62.1 Å². The first-order valence-electron chi connectivity index (χ1n) is 14.9. The fraction of sp³-hybridized carbons (Fsp3) is 0.243. The number of rotatable bonds is 4. The monoisotopic (exact) mass is 706 g/mol. The Bertz CT molecular complexity index is 1700. The molecule has 0 aromatic heterocycles. The van der Waals surface area contributed by atoms with E-state index >= 15 is 0 Å². The number of halogens is 8. The van der Waals surface area contributed by atoms with Gasteiger partial charge in [-0.05, 0) is 0 Å². The predicted molar refractivity (Wildman–Crippen MR) is 161 cm³/mol. The van der Waals surface area contributed by atoms with E-state index in [0.29, 0.717) is 8.45 Å². The quantitative estimate of drug-likeness (QED) is 0.179. The van der Waals surface area contributed by atoms with Crippen molar-refractivity contribution in [2.24, 2.45) is 0 Å². The standard InChI is InChI=1S/2C17H12F3.C3H6.2ClH.Ti/c2*1-11-9-13-3-2-4-15(16(13)10-11)12-5-7-14(8-6-12)17(18,19)20;1-3-2;;;/h2*2-10H,1H3;1-3H2;2*1H;/q;;;;;+2/p-2. The predicted octanol–water partition coefficient (Wildman–Crippen LogP) is 6.08. The molecule has 0 N–H and O–H groups in total. The fourth-order valence-corrected chi connectivity index (χ4v) is 18.1. The first kappa shape index (κ1) is 34.6. The maximum absolute atomic E-state index is 13.2. The van der Waals surface area contributed by atoms with Gasteiger partial charge in [0.25, 0.3) is 0 Å². The third-order valence-electron chi connectivity index (χ3n) is 10.0. The molecule has 7 rings (SSSR count). The molecule has 3 aliphatic rings. The number of alkyl halides is 6. The molecule has 0 amide bonds. The van der Waals surface area contributed by atoms with Gasteiger partial charge in [0, 0.05) is 0 Å². The normalized spacial score (nSPS) is 18.9. The summed E-state index contributed by atoms with van der Waals surface area (Å²) in [6.45, 7) is 4.42. The first-order valence-corrected chi connectivity index (χ1v) is 18.9. The molecule has 1 heterocycles. The van der Waals surface area contributed by atoms with Gasteiger partial charge in [0.1, 0.15) is 0 Å². The molecule has 2 aliphatic carbocycles. The van der Waals surface area contributed by atoms with E-state index in [2.05, 4.69) is 38.1 Å². The fourth-order valence-electron chi connectivity index (χ4n) is 8.14. The zero-order chi connectivity index (χ0) is 31.0. The zero-order valence-corrected chi connectivity index (χ0v) is 28.1. The molecule has 0 bridgehead atoms. The van der Waals surface area contributed by atoms with Gasteiger partial charge in [0.2, 0.25) is 0 Å². The number of hydrogen-bond donors (Lipinski definition) is 0. The van der Waals surface area contributed by atoms with Gasteiger partial charge in [-0.2, -0.15) is 0 Å². The zero-order valence-electron chi connectivity index (χ0n) is 25.0. The van der Waals surface area contributed by atoms with Crippen molar-refractivity contribution in [2.45, 2.75) is 50.5 Å². The summed E-state index contributed by atoms with van der Waals surface area (Å²) in [6.07, 6.45) is -3.05. The van der Waals surface area contributed by atoms with Gasteiger partial charge >= 0.3 is 257 Å². The van der Waals surface area contributed by atoms with E-state index in [4.69, 9.17) is 0 Å². The van der Waals surface area contributed by atoms with Crippen molar-refractivity contribution < 1.29 is 67.7 Å². The second kappa shape index (κ2) is 12.4. The summed E-state index contributed by atoms with van der Waals surface area (Å²) in [7, 11) is 0. The van der Waals surface area contributed by atoms with Crippen LogP contribution in [0, 0.1) is 0 Å². The van der Waals surface area contributed by atoms with Crippen molar-refractivity contribution in [3.63, 3.8) is 0 Å². The molecule has 2 atom stereocenters. The number of allylic oxidation sites excluding steroid dienone is 2. The summed E-state index contributed by atoms with van der Waals surface area (Å²) < 4.78 is 82.5. The van der Waals surface area contributed by atoms with Gasteiger partial charge < -0.3 is 24.8 Å². The molecule has 4 aromatic carbocycles. The molecule has 0 saturated carbocycles. The van der Waals surface area contributed by atoms with Crippen LogP contribution in [0.5, 0.6) is 0 Å². The molecular weight excluding hydrogens is 677 g/mol. The SMILES string of the molecule is CC1=Cc2c(-c3ccc(C(F)(F)F)cc3)cccc2[CH]1[Ti+2]1([CH]2C(C)=Cc3c(-c4ccc(C(F)(F)F)cc4)cccc32)[CH2]C[CH2]1.[Cl-].[Cl-]. The molecular formula is C37H30Cl2F6Ti. The maximum atomic E-state index is 13.2. The van der Waals surface area contributed by atoms with Crippen molar-refractivity contribution in [2.75, 3.05) is 0 Å². The summed E-state index contributed by atoms with van der Waals surface area (Å²) in [5.74, 6) is 0. The number of fused-ring (bicyclic) bond motifs is 2. The van der Waals surface area contributed by atoms with Crippen LogP contribution in [0.15, 0.2) is 96.1 Å². The molecule has 238 valence electrons. The van der Waals surface area contributed by atoms with Crippen LogP contribution in [0.4, 0.5) is 26.3 Å². The van der Waals surface area contributed by atoms with E-state index < -0.39 is 40.1 Å². The summed E-state index contributed by atoms with van der Waals surface area (Å²) >= 11 is -2.75. The van der Waals surface area contributed by atoms with Crippen molar-refractivity contribution in [1.82, 2.24) is 0 Å². The van der Waals surface area contributed by atoms with Gasteiger partial charge in [-0.1, -0.05) is 0 Å². The van der Waals surface area contributed by atoms with Crippen LogP contribution in [0.25, 0.3) is 34.4 Å². The summed E-state index contributed by atoms with van der Waals surface area (Å²) in [5.41, 5.74) is 9.64. The van der Waals surface area contributed by atoms with E-state index in [1.165, 1.54) is 38.1 Å². The first-order chi connectivity index (χ1) is 20.9. The number of hydrogen-bond acceptors (Lipinski definition) is 0. The second-order valence-electron chi connectivity index (χ2n) is 12.5. The Hall–Kier alpha value is -2.77. The van der Waals surface area contributed by atoms with Gasteiger partial charge in [0.15, 0.2) is 0 Å². The average Bonchev–Trinajstić information content (AvgIpc) is 3.48. The van der Waals surface area contributed by atoms with Crippen LogP contribution < -0.4 is 24.8 Å². The van der Waals surface area contributed by atoms with E-state index in [1.54, 1.807) is 24.3 Å². The van der Waals surface area contributed by atoms with Crippen molar-refractivity contribution in [3.05, 3.63) is 129 Å².